The van der Waals surface area contributed by atoms with Gasteiger partial charge in [0.2, 0.25) is 0 Å². The first-order valence-electron chi connectivity index (χ1n) is 6.88. The third-order valence-electron chi connectivity index (χ3n) is 4.39. The molecule has 1 saturated carbocycles. The van der Waals surface area contributed by atoms with Crippen LogP contribution in [-0.2, 0) is 4.79 Å². The molecular weight excluding hydrogens is 198 g/mol. The van der Waals surface area contributed by atoms with E-state index in [1.165, 1.54) is 32.1 Å². The molecule has 0 bridgehead atoms. The van der Waals surface area contributed by atoms with Crippen molar-refractivity contribution in [2.45, 2.75) is 52.9 Å². The molecule has 0 aromatic heterocycles. The Morgan fingerprint density at radius 2 is 1.88 bits per heavy atom. The van der Waals surface area contributed by atoms with Gasteiger partial charge >= 0.3 is 0 Å². The highest BCUT2D eigenvalue weighted by atomic mass is 16.1. The monoisotopic (exact) mass is 225 g/mol. The molecule has 0 N–H and O–H groups in total. The van der Waals surface area contributed by atoms with E-state index in [1.807, 2.05) is 0 Å². The summed E-state index contributed by atoms with van der Waals surface area (Å²) in [6.07, 6.45) is 7.31. The molecule has 0 spiro atoms. The minimum atomic E-state index is -0.0975. The second kappa shape index (κ2) is 6.39. The number of carbonyl (C=O) groups is 1. The molecule has 0 heterocycles. The van der Waals surface area contributed by atoms with Gasteiger partial charge in [-0.2, -0.15) is 0 Å². The first kappa shape index (κ1) is 13.7. The van der Waals surface area contributed by atoms with Crippen LogP contribution in [0.15, 0.2) is 0 Å². The molecule has 0 aromatic rings. The van der Waals surface area contributed by atoms with E-state index in [0.717, 1.165) is 31.8 Å². The highest BCUT2D eigenvalue weighted by Crippen LogP contribution is 2.30. The van der Waals surface area contributed by atoms with Crippen molar-refractivity contribution < 1.29 is 4.79 Å². The summed E-state index contributed by atoms with van der Waals surface area (Å²) in [5, 5.41) is 0. The number of aldehydes is 1. The van der Waals surface area contributed by atoms with Crippen molar-refractivity contribution in [2.24, 2.45) is 11.3 Å². The quantitative estimate of drug-likeness (QED) is 0.592. The minimum Gasteiger partial charge on any atom is -0.303 e. The summed E-state index contributed by atoms with van der Waals surface area (Å²) in [5.41, 5.74) is -0.0975. The molecule has 2 heteroatoms. The van der Waals surface area contributed by atoms with Crippen LogP contribution in [0.2, 0.25) is 0 Å². The first-order valence-corrected chi connectivity index (χ1v) is 6.88. The number of nitrogens with zero attached hydrogens (tertiary/aromatic N) is 1. The Hall–Kier alpha value is -0.370. The summed E-state index contributed by atoms with van der Waals surface area (Å²) >= 11 is 0. The summed E-state index contributed by atoms with van der Waals surface area (Å²) < 4.78 is 0. The van der Waals surface area contributed by atoms with Crippen molar-refractivity contribution in [1.82, 2.24) is 4.90 Å². The number of hydrogen-bond acceptors (Lipinski definition) is 2. The fraction of sp³-hybridized carbons (Fsp3) is 0.929. The van der Waals surface area contributed by atoms with Gasteiger partial charge in [0.25, 0.3) is 0 Å². The van der Waals surface area contributed by atoms with Gasteiger partial charge in [-0.15, -0.1) is 0 Å². The fourth-order valence-electron chi connectivity index (χ4n) is 2.47. The van der Waals surface area contributed by atoms with Gasteiger partial charge in [0.05, 0.1) is 0 Å². The number of hydrogen-bond donors (Lipinski definition) is 0. The molecule has 1 rings (SSSR count). The molecule has 94 valence electrons. The maximum absolute atomic E-state index is 11.3. The van der Waals surface area contributed by atoms with E-state index in [0.29, 0.717) is 0 Å². The van der Waals surface area contributed by atoms with Gasteiger partial charge < -0.3 is 9.69 Å². The fourth-order valence-corrected chi connectivity index (χ4v) is 2.47. The van der Waals surface area contributed by atoms with Crippen molar-refractivity contribution in [3.63, 3.8) is 0 Å². The highest BCUT2D eigenvalue weighted by Gasteiger charge is 2.29. The minimum absolute atomic E-state index is 0.0975. The van der Waals surface area contributed by atoms with Crippen LogP contribution < -0.4 is 0 Å². The van der Waals surface area contributed by atoms with Crippen molar-refractivity contribution in [1.29, 1.82) is 0 Å². The zero-order chi connectivity index (χ0) is 12.0. The molecule has 0 atom stereocenters. The van der Waals surface area contributed by atoms with Gasteiger partial charge in [0, 0.05) is 18.5 Å². The maximum atomic E-state index is 11.3. The predicted molar refractivity (Wildman–Crippen MR) is 68.5 cm³/mol. The Morgan fingerprint density at radius 1 is 1.25 bits per heavy atom. The molecule has 0 aromatic carbocycles. The standard InChI is InChI=1S/C14H27NO/c1-4-14(5-2,12-16)11-15(6-3)10-13-8-7-9-13/h12-13H,4-11H2,1-3H3. The van der Waals surface area contributed by atoms with E-state index in [9.17, 15) is 4.79 Å². The molecule has 0 saturated heterocycles. The molecular formula is C14H27NO. The van der Waals surface area contributed by atoms with Crippen molar-refractivity contribution in [2.75, 3.05) is 19.6 Å². The largest absolute Gasteiger partial charge is 0.303 e. The molecule has 2 nitrogen and oxygen atoms in total. The summed E-state index contributed by atoms with van der Waals surface area (Å²) in [5.74, 6) is 0.901. The Balaban J connectivity index is 2.48. The van der Waals surface area contributed by atoms with Crippen LogP contribution in [0.5, 0.6) is 0 Å². The van der Waals surface area contributed by atoms with Crippen LogP contribution in [0.25, 0.3) is 0 Å². The van der Waals surface area contributed by atoms with Gasteiger partial charge in [-0.1, -0.05) is 27.2 Å². The lowest BCUT2D eigenvalue weighted by Crippen LogP contribution is -2.41. The summed E-state index contributed by atoms with van der Waals surface area (Å²) in [6.45, 7) is 9.71. The predicted octanol–water partition coefficient (Wildman–Crippen LogP) is 3.11. The molecule has 0 amide bonds. The molecule has 16 heavy (non-hydrogen) atoms. The second-order valence-corrected chi connectivity index (χ2v) is 5.31. The summed E-state index contributed by atoms with van der Waals surface area (Å²) in [7, 11) is 0. The molecule has 0 unspecified atom stereocenters. The third kappa shape index (κ3) is 3.31. The van der Waals surface area contributed by atoms with E-state index in [1.54, 1.807) is 0 Å². The molecule has 1 aliphatic carbocycles. The van der Waals surface area contributed by atoms with E-state index in [4.69, 9.17) is 0 Å². The van der Waals surface area contributed by atoms with Gasteiger partial charge in [-0.3, -0.25) is 0 Å². The second-order valence-electron chi connectivity index (χ2n) is 5.31. The van der Waals surface area contributed by atoms with Crippen LogP contribution in [0, 0.1) is 11.3 Å². The van der Waals surface area contributed by atoms with Crippen LogP contribution in [0.3, 0.4) is 0 Å². The van der Waals surface area contributed by atoms with Crippen LogP contribution >= 0.6 is 0 Å². The van der Waals surface area contributed by atoms with E-state index < -0.39 is 0 Å². The lowest BCUT2D eigenvalue weighted by atomic mass is 9.81. The maximum Gasteiger partial charge on any atom is 0.127 e. The van der Waals surface area contributed by atoms with Crippen molar-refractivity contribution >= 4 is 6.29 Å². The van der Waals surface area contributed by atoms with E-state index in [-0.39, 0.29) is 5.41 Å². The normalized spacial score (nSPS) is 17.5. The van der Waals surface area contributed by atoms with E-state index >= 15 is 0 Å². The SMILES string of the molecule is CCN(CC1CCC1)CC(C=O)(CC)CC. The number of rotatable bonds is 8. The zero-order valence-electron chi connectivity index (χ0n) is 11.2. The van der Waals surface area contributed by atoms with Gasteiger partial charge in [-0.25, -0.2) is 0 Å². The number of carbonyl (C=O) groups excluding carboxylic acids is 1. The molecule has 1 aliphatic rings. The molecule has 0 radical (unpaired) electrons. The van der Waals surface area contributed by atoms with Crippen molar-refractivity contribution in [3.05, 3.63) is 0 Å². The van der Waals surface area contributed by atoms with Crippen LogP contribution in [-0.4, -0.2) is 30.8 Å². The average Bonchev–Trinajstić information content (AvgIpc) is 2.28. The van der Waals surface area contributed by atoms with Gasteiger partial charge in [0.15, 0.2) is 0 Å². The Morgan fingerprint density at radius 3 is 2.19 bits per heavy atom. The summed E-state index contributed by atoms with van der Waals surface area (Å²) in [6, 6.07) is 0. The summed E-state index contributed by atoms with van der Waals surface area (Å²) in [4.78, 5) is 13.8. The Bertz CT molecular complexity index is 207. The molecule has 1 fully saturated rings. The third-order valence-corrected chi connectivity index (χ3v) is 4.39. The average molecular weight is 225 g/mol. The smallest absolute Gasteiger partial charge is 0.127 e. The van der Waals surface area contributed by atoms with Gasteiger partial charge in [0.1, 0.15) is 6.29 Å². The first-order chi connectivity index (χ1) is 7.69. The topological polar surface area (TPSA) is 20.3 Å². The Labute approximate surface area is 100 Å². The Kier molecular flexibility index (Phi) is 5.47. The highest BCUT2D eigenvalue weighted by molar-refractivity contribution is 5.59. The lowest BCUT2D eigenvalue weighted by molar-refractivity contribution is -0.117. The lowest BCUT2D eigenvalue weighted by Gasteiger charge is -2.36. The van der Waals surface area contributed by atoms with Crippen molar-refractivity contribution in [3.8, 4) is 0 Å². The molecule has 0 aliphatic heterocycles. The van der Waals surface area contributed by atoms with Gasteiger partial charge in [-0.05, 0) is 38.1 Å². The zero-order valence-corrected chi connectivity index (χ0v) is 11.2. The van der Waals surface area contributed by atoms with E-state index in [2.05, 4.69) is 25.7 Å². The van der Waals surface area contributed by atoms with Crippen LogP contribution in [0.1, 0.15) is 52.9 Å². The van der Waals surface area contributed by atoms with Crippen LogP contribution in [0.4, 0.5) is 0 Å².